The van der Waals surface area contributed by atoms with E-state index < -0.39 is 11.6 Å². The van der Waals surface area contributed by atoms with Crippen LogP contribution in [-0.4, -0.2) is 20.7 Å². The minimum atomic E-state index is -0.704. The molecule has 1 aliphatic rings. The Morgan fingerprint density at radius 2 is 1.96 bits per heavy atom. The molecular weight excluding hydrogens is 350 g/mol. The monoisotopic (exact) mass is 368 g/mol. The normalized spacial score (nSPS) is 13.6. The molecule has 4 rings (SSSR count). The zero-order chi connectivity index (χ0) is 19.1. The van der Waals surface area contributed by atoms with Crippen molar-refractivity contribution >= 4 is 11.7 Å². The fraction of sp³-hybridized carbons (Fsp3) is 0.250. The highest BCUT2D eigenvalue weighted by Crippen LogP contribution is 2.40. The highest BCUT2D eigenvalue weighted by Gasteiger charge is 2.30. The first-order valence-corrected chi connectivity index (χ1v) is 8.70. The van der Waals surface area contributed by atoms with E-state index in [1.54, 1.807) is 19.2 Å². The van der Waals surface area contributed by atoms with Crippen LogP contribution in [-0.2, 0) is 7.05 Å². The van der Waals surface area contributed by atoms with Gasteiger partial charge >= 0.3 is 0 Å². The third-order valence-electron chi connectivity index (χ3n) is 4.60. The van der Waals surface area contributed by atoms with Crippen molar-refractivity contribution in [1.82, 2.24) is 14.8 Å². The van der Waals surface area contributed by atoms with Crippen LogP contribution in [0.15, 0.2) is 36.4 Å². The van der Waals surface area contributed by atoms with Crippen LogP contribution < -0.4 is 5.32 Å². The highest BCUT2D eigenvalue weighted by atomic mass is 19.1. The Morgan fingerprint density at radius 1 is 1.19 bits per heavy atom. The summed E-state index contributed by atoms with van der Waals surface area (Å²) in [5.74, 6) is -0.884. The zero-order valence-corrected chi connectivity index (χ0v) is 15.0. The van der Waals surface area contributed by atoms with Gasteiger partial charge in [-0.05, 0) is 44.0 Å². The zero-order valence-electron chi connectivity index (χ0n) is 15.0. The number of halogens is 2. The molecule has 0 unspecified atom stereocenters. The van der Waals surface area contributed by atoms with Gasteiger partial charge in [0.15, 0.2) is 0 Å². The first kappa shape index (κ1) is 17.3. The number of carbonyl (C=O) groups is 1. The standard InChI is InChI=1S/C20H18F2N4O/c1-11-3-7-15(19(23-11)12-4-5-12)20(27)24-18-10-17(25-26(18)2)14-8-6-13(21)9-16(14)22/h3,6-10,12H,4-5H2,1-2H3,(H,24,27). The largest absolute Gasteiger partial charge is 0.307 e. The van der Waals surface area contributed by atoms with Gasteiger partial charge in [-0.3, -0.25) is 14.5 Å². The molecule has 0 spiro atoms. The third-order valence-corrected chi connectivity index (χ3v) is 4.60. The van der Waals surface area contributed by atoms with E-state index in [-0.39, 0.29) is 11.5 Å². The number of carbonyl (C=O) groups excluding carboxylic acids is 1. The predicted octanol–water partition coefficient (Wildman–Crippen LogP) is 4.20. The van der Waals surface area contributed by atoms with Gasteiger partial charge in [0.25, 0.3) is 5.91 Å². The number of aryl methyl sites for hydroxylation is 2. The summed E-state index contributed by atoms with van der Waals surface area (Å²) in [7, 11) is 1.65. The predicted molar refractivity (Wildman–Crippen MR) is 97.5 cm³/mol. The van der Waals surface area contributed by atoms with Crippen molar-refractivity contribution in [1.29, 1.82) is 0 Å². The summed E-state index contributed by atoms with van der Waals surface area (Å²) >= 11 is 0. The number of rotatable bonds is 4. The lowest BCUT2D eigenvalue weighted by Gasteiger charge is -2.09. The summed E-state index contributed by atoms with van der Waals surface area (Å²) in [6.07, 6.45) is 2.08. The summed E-state index contributed by atoms with van der Waals surface area (Å²) in [6.45, 7) is 1.90. The minimum absolute atomic E-state index is 0.170. The van der Waals surface area contributed by atoms with Gasteiger partial charge in [-0.1, -0.05) is 0 Å². The molecule has 1 amide bonds. The Hall–Kier alpha value is -3.09. The number of anilines is 1. The fourth-order valence-corrected chi connectivity index (χ4v) is 3.03. The minimum Gasteiger partial charge on any atom is -0.307 e. The quantitative estimate of drug-likeness (QED) is 0.751. The van der Waals surface area contributed by atoms with Gasteiger partial charge in [-0.25, -0.2) is 8.78 Å². The second-order valence-electron chi connectivity index (χ2n) is 6.78. The molecule has 1 aromatic carbocycles. The van der Waals surface area contributed by atoms with E-state index in [1.807, 2.05) is 13.0 Å². The molecule has 0 atom stereocenters. The summed E-state index contributed by atoms with van der Waals surface area (Å²) in [5, 5.41) is 7.04. The summed E-state index contributed by atoms with van der Waals surface area (Å²) in [6, 6.07) is 8.46. The maximum Gasteiger partial charge on any atom is 0.258 e. The Balaban J connectivity index is 1.62. The smallest absolute Gasteiger partial charge is 0.258 e. The van der Waals surface area contributed by atoms with Crippen molar-refractivity contribution in [2.75, 3.05) is 5.32 Å². The highest BCUT2D eigenvalue weighted by molar-refractivity contribution is 6.05. The van der Waals surface area contributed by atoms with E-state index >= 15 is 0 Å². The summed E-state index contributed by atoms with van der Waals surface area (Å²) in [5.41, 5.74) is 2.72. The van der Waals surface area contributed by atoms with E-state index in [4.69, 9.17) is 0 Å². The molecule has 1 N–H and O–H groups in total. The van der Waals surface area contributed by atoms with Crippen molar-refractivity contribution in [2.24, 2.45) is 7.05 Å². The number of nitrogens with zero attached hydrogens (tertiary/aromatic N) is 3. The van der Waals surface area contributed by atoms with Crippen LogP contribution in [0.1, 0.15) is 40.5 Å². The van der Waals surface area contributed by atoms with E-state index in [0.717, 1.165) is 30.3 Å². The van der Waals surface area contributed by atoms with Crippen LogP contribution >= 0.6 is 0 Å². The van der Waals surface area contributed by atoms with Crippen LogP contribution in [0.2, 0.25) is 0 Å². The molecule has 1 aliphatic carbocycles. The van der Waals surface area contributed by atoms with Gasteiger partial charge in [0.05, 0.1) is 17.0 Å². The average Bonchev–Trinajstić information content (AvgIpc) is 3.40. The second-order valence-corrected chi connectivity index (χ2v) is 6.78. The molecule has 1 saturated carbocycles. The molecule has 3 aromatic rings. The number of hydrogen-bond acceptors (Lipinski definition) is 3. The Kier molecular flexibility index (Phi) is 4.22. The van der Waals surface area contributed by atoms with Crippen molar-refractivity contribution in [3.8, 4) is 11.3 Å². The maximum atomic E-state index is 14.0. The van der Waals surface area contributed by atoms with Crippen molar-refractivity contribution < 1.29 is 13.6 Å². The van der Waals surface area contributed by atoms with Gasteiger partial charge in [0.1, 0.15) is 17.5 Å². The molecule has 1 fully saturated rings. The van der Waals surface area contributed by atoms with Crippen molar-refractivity contribution in [3.63, 3.8) is 0 Å². The van der Waals surface area contributed by atoms with E-state index in [2.05, 4.69) is 15.4 Å². The molecule has 0 bridgehead atoms. The molecule has 7 heteroatoms. The average molecular weight is 368 g/mol. The molecule has 0 radical (unpaired) electrons. The molecule has 5 nitrogen and oxygen atoms in total. The number of aromatic nitrogens is 3. The first-order valence-electron chi connectivity index (χ1n) is 8.70. The number of amides is 1. The van der Waals surface area contributed by atoms with Crippen molar-refractivity contribution in [3.05, 3.63) is 65.0 Å². The van der Waals surface area contributed by atoms with Crippen LogP contribution in [0.5, 0.6) is 0 Å². The number of pyridine rings is 1. The maximum absolute atomic E-state index is 14.0. The molecule has 0 aliphatic heterocycles. The SMILES string of the molecule is Cc1ccc(C(=O)Nc2cc(-c3ccc(F)cc3F)nn2C)c(C2CC2)n1. The third kappa shape index (κ3) is 3.45. The first-order chi connectivity index (χ1) is 12.9. The lowest BCUT2D eigenvalue weighted by atomic mass is 10.1. The lowest BCUT2D eigenvalue weighted by Crippen LogP contribution is -2.17. The molecular formula is C20H18F2N4O. The molecule has 27 heavy (non-hydrogen) atoms. The lowest BCUT2D eigenvalue weighted by molar-refractivity contribution is 0.102. The fourth-order valence-electron chi connectivity index (χ4n) is 3.03. The summed E-state index contributed by atoms with van der Waals surface area (Å²) in [4.78, 5) is 17.3. The van der Waals surface area contributed by atoms with Crippen LogP contribution in [0.3, 0.4) is 0 Å². The number of hydrogen-bond donors (Lipinski definition) is 1. The van der Waals surface area contributed by atoms with Gasteiger partial charge in [0, 0.05) is 36.4 Å². The molecule has 0 saturated heterocycles. The number of benzene rings is 1. The van der Waals surface area contributed by atoms with Gasteiger partial charge in [0.2, 0.25) is 0 Å². The van der Waals surface area contributed by atoms with E-state index in [1.165, 1.54) is 16.8 Å². The summed E-state index contributed by atoms with van der Waals surface area (Å²) < 4.78 is 28.6. The van der Waals surface area contributed by atoms with Crippen LogP contribution in [0.4, 0.5) is 14.6 Å². The van der Waals surface area contributed by atoms with E-state index in [0.29, 0.717) is 23.0 Å². The topological polar surface area (TPSA) is 59.8 Å². The Morgan fingerprint density at radius 3 is 2.67 bits per heavy atom. The van der Waals surface area contributed by atoms with Gasteiger partial charge < -0.3 is 5.32 Å². The second kappa shape index (κ2) is 6.57. The Labute approximate surface area is 155 Å². The van der Waals surface area contributed by atoms with Gasteiger partial charge in [-0.2, -0.15) is 5.10 Å². The molecule has 2 heterocycles. The molecule has 138 valence electrons. The van der Waals surface area contributed by atoms with Crippen LogP contribution in [0, 0.1) is 18.6 Å². The van der Waals surface area contributed by atoms with Gasteiger partial charge in [-0.15, -0.1) is 0 Å². The van der Waals surface area contributed by atoms with Crippen LogP contribution in [0.25, 0.3) is 11.3 Å². The molecule has 2 aromatic heterocycles. The van der Waals surface area contributed by atoms with Crippen molar-refractivity contribution in [2.45, 2.75) is 25.7 Å². The van der Waals surface area contributed by atoms with E-state index in [9.17, 15) is 13.6 Å². The number of nitrogens with one attached hydrogen (secondary N) is 1. The Bertz CT molecular complexity index is 1040.